The van der Waals surface area contributed by atoms with Crippen molar-refractivity contribution in [2.24, 2.45) is 4.99 Å². The van der Waals surface area contributed by atoms with Crippen LogP contribution in [0, 0.1) is 0 Å². The number of benzene rings is 2. The number of para-hydroxylation sites is 1. The SMILES string of the molecule is CCOC(=O)Cc1csc(NC(=O)CSC2=NC(=Cc3cc(OC)c(OC)c(OC)c3)C(=O)N2c2ccccc2)n1. The van der Waals surface area contributed by atoms with Gasteiger partial charge in [0, 0.05) is 5.38 Å². The van der Waals surface area contributed by atoms with Crippen LogP contribution >= 0.6 is 23.1 Å². The molecule has 13 heteroatoms. The first-order valence-electron chi connectivity index (χ1n) is 12.4. The fourth-order valence-corrected chi connectivity index (χ4v) is 5.37. The first-order chi connectivity index (χ1) is 19.9. The third-order valence-corrected chi connectivity index (χ3v) is 7.34. The normalized spacial score (nSPS) is 13.7. The Hall–Kier alpha value is -4.36. The molecule has 1 aliphatic heterocycles. The van der Waals surface area contributed by atoms with Gasteiger partial charge in [0.15, 0.2) is 21.8 Å². The molecule has 2 amide bonds. The third-order valence-electron chi connectivity index (χ3n) is 5.60. The quantitative estimate of drug-likeness (QED) is 0.253. The molecule has 1 aromatic heterocycles. The predicted molar refractivity (Wildman–Crippen MR) is 159 cm³/mol. The predicted octanol–water partition coefficient (Wildman–Crippen LogP) is 4.39. The summed E-state index contributed by atoms with van der Waals surface area (Å²) in [6, 6.07) is 12.5. The molecule has 214 valence electrons. The van der Waals surface area contributed by atoms with Gasteiger partial charge < -0.3 is 24.3 Å². The number of carbonyl (C=O) groups is 3. The van der Waals surface area contributed by atoms with Crippen LogP contribution in [0.3, 0.4) is 0 Å². The highest BCUT2D eigenvalue weighted by molar-refractivity contribution is 8.14. The largest absolute Gasteiger partial charge is 0.493 e. The van der Waals surface area contributed by atoms with Crippen LogP contribution < -0.4 is 24.4 Å². The maximum absolute atomic E-state index is 13.5. The second-order valence-corrected chi connectivity index (χ2v) is 10.1. The summed E-state index contributed by atoms with van der Waals surface area (Å²) in [5.74, 6) is 0.207. The van der Waals surface area contributed by atoms with Gasteiger partial charge in [-0.2, -0.15) is 0 Å². The number of hydrogen-bond acceptors (Lipinski definition) is 11. The number of hydrogen-bond donors (Lipinski definition) is 1. The van der Waals surface area contributed by atoms with E-state index in [2.05, 4.69) is 15.3 Å². The first-order valence-corrected chi connectivity index (χ1v) is 14.3. The zero-order chi connectivity index (χ0) is 29.4. The Morgan fingerprint density at radius 1 is 1.07 bits per heavy atom. The second-order valence-electron chi connectivity index (χ2n) is 8.32. The van der Waals surface area contributed by atoms with E-state index < -0.39 is 0 Å². The molecular formula is C28H28N4O7S2. The Kier molecular flexibility index (Phi) is 9.98. The zero-order valence-corrected chi connectivity index (χ0v) is 24.5. The maximum Gasteiger partial charge on any atom is 0.311 e. The number of esters is 1. The van der Waals surface area contributed by atoms with Gasteiger partial charge in [0.05, 0.1) is 51.5 Å². The van der Waals surface area contributed by atoms with E-state index in [0.717, 1.165) is 11.8 Å². The van der Waals surface area contributed by atoms with Gasteiger partial charge in [0.1, 0.15) is 5.70 Å². The second kappa shape index (κ2) is 13.8. The van der Waals surface area contributed by atoms with E-state index in [4.69, 9.17) is 18.9 Å². The summed E-state index contributed by atoms with van der Waals surface area (Å²) in [6.07, 6.45) is 1.65. The Morgan fingerprint density at radius 2 is 1.78 bits per heavy atom. The van der Waals surface area contributed by atoms with Crippen LogP contribution in [-0.2, 0) is 25.5 Å². The Labute approximate surface area is 245 Å². The summed E-state index contributed by atoms with van der Waals surface area (Å²) in [4.78, 5) is 48.2. The van der Waals surface area contributed by atoms with Crippen molar-refractivity contribution < 1.29 is 33.3 Å². The summed E-state index contributed by atoms with van der Waals surface area (Å²) in [6.45, 7) is 2.02. The number of methoxy groups -OCH3 is 3. The molecule has 11 nitrogen and oxygen atoms in total. The van der Waals surface area contributed by atoms with Crippen LogP contribution in [-0.4, -0.2) is 61.6 Å². The van der Waals surface area contributed by atoms with Gasteiger partial charge in [-0.1, -0.05) is 30.0 Å². The molecule has 0 fully saturated rings. The van der Waals surface area contributed by atoms with Crippen molar-refractivity contribution in [1.82, 2.24) is 4.98 Å². The molecule has 1 N–H and O–H groups in total. The lowest BCUT2D eigenvalue weighted by Crippen LogP contribution is -2.31. The molecule has 0 bridgehead atoms. The van der Waals surface area contributed by atoms with Crippen molar-refractivity contribution in [2.75, 3.05) is 43.9 Å². The van der Waals surface area contributed by atoms with Crippen molar-refractivity contribution in [3.8, 4) is 17.2 Å². The number of thioether (sulfide) groups is 1. The number of rotatable bonds is 11. The zero-order valence-electron chi connectivity index (χ0n) is 22.8. The lowest BCUT2D eigenvalue weighted by Gasteiger charge is -2.17. The molecule has 0 atom stereocenters. The van der Waals surface area contributed by atoms with Crippen molar-refractivity contribution in [3.63, 3.8) is 0 Å². The minimum atomic E-state index is -0.383. The van der Waals surface area contributed by atoms with Gasteiger partial charge in [-0.25, -0.2) is 9.98 Å². The number of carbonyl (C=O) groups excluding carboxylic acids is 3. The van der Waals surface area contributed by atoms with Crippen LogP contribution in [0.15, 0.2) is 58.5 Å². The van der Waals surface area contributed by atoms with Crippen molar-refractivity contribution in [1.29, 1.82) is 0 Å². The highest BCUT2D eigenvalue weighted by Crippen LogP contribution is 2.39. The van der Waals surface area contributed by atoms with E-state index >= 15 is 0 Å². The minimum absolute atomic E-state index is 0.0281. The lowest BCUT2D eigenvalue weighted by atomic mass is 10.1. The van der Waals surface area contributed by atoms with E-state index in [1.807, 2.05) is 18.2 Å². The average Bonchev–Trinajstić information content (AvgIpc) is 3.54. The van der Waals surface area contributed by atoms with E-state index in [1.54, 1.807) is 42.6 Å². The van der Waals surface area contributed by atoms with Gasteiger partial charge in [-0.05, 0) is 42.8 Å². The minimum Gasteiger partial charge on any atom is -0.493 e. The molecule has 0 saturated heterocycles. The summed E-state index contributed by atoms with van der Waals surface area (Å²) in [7, 11) is 4.53. The molecule has 2 aromatic carbocycles. The number of aliphatic imine (C=N–C) groups is 1. The van der Waals surface area contributed by atoms with Crippen LogP contribution in [0.25, 0.3) is 6.08 Å². The van der Waals surface area contributed by atoms with E-state index in [1.165, 1.54) is 37.6 Å². The molecule has 0 radical (unpaired) electrons. The molecule has 0 aliphatic carbocycles. The molecule has 0 unspecified atom stereocenters. The summed E-state index contributed by atoms with van der Waals surface area (Å²) in [5.41, 5.74) is 1.92. The topological polar surface area (TPSA) is 129 Å². The highest BCUT2D eigenvalue weighted by Gasteiger charge is 2.32. The molecule has 3 aromatic rings. The van der Waals surface area contributed by atoms with Gasteiger partial charge in [0.25, 0.3) is 5.91 Å². The standard InChI is InChI=1S/C28H28N4O7S2/c1-5-39-24(34)14-18-15-40-27(29-18)31-23(33)16-41-28-30-20(26(35)32(28)19-9-7-6-8-10-19)11-17-12-21(36-2)25(38-4)22(13-17)37-3/h6-13,15H,5,14,16H2,1-4H3,(H,29,31,33). The number of anilines is 2. The molecule has 1 aliphatic rings. The number of nitrogens with zero attached hydrogens (tertiary/aromatic N) is 3. The molecule has 0 spiro atoms. The number of amidine groups is 1. The molecule has 41 heavy (non-hydrogen) atoms. The van der Waals surface area contributed by atoms with Crippen LogP contribution in [0.5, 0.6) is 17.2 Å². The molecule has 0 saturated carbocycles. The van der Waals surface area contributed by atoms with Crippen LogP contribution in [0.1, 0.15) is 18.2 Å². The molecular weight excluding hydrogens is 568 g/mol. The van der Waals surface area contributed by atoms with E-state index in [-0.39, 0.29) is 42.3 Å². The number of thiazole rings is 1. The number of aromatic nitrogens is 1. The summed E-state index contributed by atoms with van der Waals surface area (Å²) >= 11 is 2.32. The highest BCUT2D eigenvalue weighted by atomic mass is 32.2. The molecule has 2 heterocycles. The Bertz CT molecular complexity index is 1460. The average molecular weight is 597 g/mol. The lowest BCUT2D eigenvalue weighted by molar-refractivity contribution is -0.142. The number of nitrogens with one attached hydrogen (secondary N) is 1. The summed E-state index contributed by atoms with van der Waals surface area (Å²) in [5, 5.41) is 5.13. The van der Waals surface area contributed by atoms with Crippen LogP contribution in [0.2, 0.25) is 0 Å². The van der Waals surface area contributed by atoms with Crippen molar-refractivity contribution in [2.45, 2.75) is 13.3 Å². The molecule has 4 rings (SSSR count). The Morgan fingerprint density at radius 3 is 2.41 bits per heavy atom. The maximum atomic E-state index is 13.5. The number of ether oxygens (including phenoxy) is 4. The smallest absolute Gasteiger partial charge is 0.311 e. The van der Waals surface area contributed by atoms with Crippen molar-refractivity contribution >= 4 is 62.9 Å². The van der Waals surface area contributed by atoms with E-state index in [0.29, 0.717) is 44.5 Å². The van der Waals surface area contributed by atoms with E-state index in [9.17, 15) is 14.4 Å². The third kappa shape index (κ3) is 7.24. The Balaban J connectivity index is 1.54. The monoisotopic (exact) mass is 596 g/mol. The first kappa shape index (κ1) is 29.6. The summed E-state index contributed by atoms with van der Waals surface area (Å²) < 4.78 is 21.2. The van der Waals surface area contributed by atoms with Gasteiger partial charge >= 0.3 is 5.97 Å². The van der Waals surface area contributed by atoms with Gasteiger partial charge in [-0.3, -0.25) is 19.3 Å². The number of amides is 2. The fraction of sp³-hybridized carbons (Fsp3) is 0.250. The van der Waals surface area contributed by atoms with Crippen LogP contribution in [0.4, 0.5) is 10.8 Å². The fourth-order valence-electron chi connectivity index (χ4n) is 3.83. The van der Waals surface area contributed by atoms with Crippen molar-refractivity contribution in [3.05, 3.63) is 64.8 Å². The van der Waals surface area contributed by atoms with Gasteiger partial charge in [0.2, 0.25) is 11.7 Å². The van der Waals surface area contributed by atoms with Gasteiger partial charge in [-0.15, -0.1) is 11.3 Å².